The molecule has 1 N–H and O–H groups in total. The molecule has 1 unspecified atom stereocenters. The molecule has 0 heterocycles. The molecule has 1 aliphatic rings. The Morgan fingerprint density at radius 1 is 1.09 bits per heavy atom. The standard InChI is InChI=1S/C19H28O3/c1-18(2,3)15-12-8-9-13-16(15)22-17(20)19(4,21)14-10-6-5-7-11-14/h5-7,10-11,15-16,21H,8-9,12-13H2,1-4H3/t15-,16-,19?/m1/s1. The molecule has 3 heteroatoms. The van der Waals surface area contributed by atoms with Crippen molar-refractivity contribution in [1.82, 2.24) is 0 Å². The van der Waals surface area contributed by atoms with Gasteiger partial charge in [0, 0.05) is 5.92 Å². The van der Waals surface area contributed by atoms with E-state index in [1.54, 1.807) is 12.1 Å². The summed E-state index contributed by atoms with van der Waals surface area (Å²) in [4.78, 5) is 12.5. The number of esters is 1. The minimum Gasteiger partial charge on any atom is -0.460 e. The first-order chi connectivity index (χ1) is 10.2. The lowest BCUT2D eigenvalue weighted by Crippen LogP contribution is -2.42. The van der Waals surface area contributed by atoms with Crippen LogP contribution in [0.25, 0.3) is 0 Å². The van der Waals surface area contributed by atoms with Gasteiger partial charge in [0.25, 0.3) is 0 Å². The molecule has 1 aliphatic carbocycles. The molecule has 0 saturated heterocycles. The Balaban J connectivity index is 2.13. The summed E-state index contributed by atoms with van der Waals surface area (Å²) in [6.45, 7) is 8.09. The van der Waals surface area contributed by atoms with Crippen LogP contribution in [0.15, 0.2) is 30.3 Å². The molecule has 122 valence electrons. The third kappa shape index (κ3) is 3.70. The first-order valence-electron chi connectivity index (χ1n) is 8.22. The van der Waals surface area contributed by atoms with Gasteiger partial charge < -0.3 is 9.84 Å². The summed E-state index contributed by atoms with van der Waals surface area (Å²) in [6.07, 6.45) is 4.13. The monoisotopic (exact) mass is 304 g/mol. The van der Waals surface area contributed by atoms with Gasteiger partial charge in [0.05, 0.1) is 0 Å². The molecule has 0 aromatic heterocycles. The second-order valence-corrected chi connectivity index (χ2v) is 7.64. The molecule has 2 rings (SSSR count). The zero-order valence-electron chi connectivity index (χ0n) is 14.1. The summed E-state index contributed by atoms with van der Waals surface area (Å²) in [7, 11) is 0. The zero-order chi connectivity index (χ0) is 16.4. The van der Waals surface area contributed by atoms with E-state index in [0.717, 1.165) is 19.3 Å². The van der Waals surface area contributed by atoms with Crippen LogP contribution in [0.4, 0.5) is 0 Å². The van der Waals surface area contributed by atoms with Gasteiger partial charge in [-0.15, -0.1) is 0 Å². The molecule has 0 spiro atoms. The lowest BCUT2D eigenvalue weighted by Gasteiger charge is -2.40. The van der Waals surface area contributed by atoms with Crippen LogP contribution in [0.2, 0.25) is 0 Å². The van der Waals surface area contributed by atoms with Crippen molar-refractivity contribution in [1.29, 1.82) is 0 Å². The number of rotatable bonds is 3. The van der Waals surface area contributed by atoms with Gasteiger partial charge in [0.2, 0.25) is 0 Å². The van der Waals surface area contributed by atoms with Gasteiger partial charge in [-0.2, -0.15) is 0 Å². The average Bonchev–Trinajstić information content (AvgIpc) is 2.47. The van der Waals surface area contributed by atoms with E-state index in [2.05, 4.69) is 20.8 Å². The maximum atomic E-state index is 12.5. The van der Waals surface area contributed by atoms with Crippen LogP contribution in [-0.2, 0) is 15.1 Å². The number of hydrogen-bond acceptors (Lipinski definition) is 3. The summed E-state index contributed by atoms with van der Waals surface area (Å²) in [5.41, 5.74) is -0.923. The highest BCUT2D eigenvalue weighted by Gasteiger charge is 2.41. The third-order valence-corrected chi connectivity index (χ3v) is 4.81. The Bertz CT molecular complexity index is 499. The highest BCUT2D eigenvalue weighted by molar-refractivity contribution is 5.80. The van der Waals surface area contributed by atoms with E-state index >= 15 is 0 Å². The molecule has 0 radical (unpaired) electrons. The van der Waals surface area contributed by atoms with E-state index in [1.165, 1.54) is 13.3 Å². The van der Waals surface area contributed by atoms with Gasteiger partial charge in [-0.1, -0.05) is 57.5 Å². The Labute approximate surface area is 133 Å². The highest BCUT2D eigenvalue weighted by Crippen LogP contribution is 2.40. The van der Waals surface area contributed by atoms with Crippen LogP contribution in [0.5, 0.6) is 0 Å². The fourth-order valence-electron chi connectivity index (χ4n) is 3.36. The van der Waals surface area contributed by atoms with Crippen molar-refractivity contribution in [2.24, 2.45) is 11.3 Å². The number of carbonyl (C=O) groups is 1. The van der Waals surface area contributed by atoms with Crippen molar-refractivity contribution in [3.8, 4) is 0 Å². The first-order valence-corrected chi connectivity index (χ1v) is 8.22. The smallest absolute Gasteiger partial charge is 0.342 e. The van der Waals surface area contributed by atoms with Crippen LogP contribution in [-0.4, -0.2) is 17.2 Å². The normalized spacial score (nSPS) is 25.3. The SMILES string of the molecule is CC(O)(C(=O)O[C@@H]1CCCC[C@H]1C(C)(C)C)c1ccccc1. The Hall–Kier alpha value is -1.35. The molecule has 0 aliphatic heterocycles. The van der Waals surface area contributed by atoms with Crippen molar-refractivity contribution < 1.29 is 14.6 Å². The van der Waals surface area contributed by atoms with Gasteiger partial charge in [-0.25, -0.2) is 4.79 Å². The number of ether oxygens (including phenoxy) is 1. The van der Waals surface area contributed by atoms with Crippen molar-refractivity contribution in [2.45, 2.75) is 65.1 Å². The van der Waals surface area contributed by atoms with Crippen LogP contribution in [0, 0.1) is 11.3 Å². The minimum absolute atomic E-state index is 0.101. The third-order valence-electron chi connectivity index (χ3n) is 4.81. The molecule has 3 nitrogen and oxygen atoms in total. The zero-order valence-corrected chi connectivity index (χ0v) is 14.1. The lowest BCUT2D eigenvalue weighted by atomic mass is 9.70. The summed E-state index contributed by atoms with van der Waals surface area (Å²) >= 11 is 0. The summed E-state index contributed by atoms with van der Waals surface area (Å²) in [6, 6.07) is 9.00. The van der Waals surface area contributed by atoms with E-state index in [4.69, 9.17) is 4.74 Å². The molecule has 1 saturated carbocycles. The fourth-order valence-corrected chi connectivity index (χ4v) is 3.36. The predicted molar refractivity (Wildman–Crippen MR) is 87.3 cm³/mol. The molecular formula is C19H28O3. The van der Waals surface area contributed by atoms with Crippen LogP contribution < -0.4 is 0 Å². The van der Waals surface area contributed by atoms with E-state index in [0.29, 0.717) is 11.5 Å². The molecule has 1 fully saturated rings. The maximum absolute atomic E-state index is 12.5. The van der Waals surface area contributed by atoms with Gasteiger partial charge in [0.1, 0.15) is 6.10 Å². The van der Waals surface area contributed by atoms with Crippen molar-refractivity contribution >= 4 is 5.97 Å². The fraction of sp³-hybridized carbons (Fsp3) is 0.632. The van der Waals surface area contributed by atoms with E-state index < -0.39 is 11.6 Å². The first kappa shape index (κ1) is 17.0. The van der Waals surface area contributed by atoms with E-state index in [9.17, 15) is 9.90 Å². The molecule has 0 bridgehead atoms. The van der Waals surface area contributed by atoms with Gasteiger partial charge in [0.15, 0.2) is 5.60 Å². The van der Waals surface area contributed by atoms with E-state index in [-0.39, 0.29) is 11.5 Å². The van der Waals surface area contributed by atoms with Crippen molar-refractivity contribution in [3.63, 3.8) is 0 Å². The van der Waals surface area contributed by atoms with E-state index in [1.807, 2.05) is 18.2 Å². The molecule has 3 atom stereocenters. The quantitative estimate of drug-likeness (QED) is 0.857. The van der Waals surface area contributed by atoms with Crippen LogP contribution >= 0.6 is 0 Å². The summed E-state index contributed by atoms with van der Waals surface area (Å²) in [5, 5.41) is 10.6. The highest BCUT2D eigenvalue weighted by atomic mass is 16.6. The molecular weight excluding hydrogens is 276 g/mol. The van der Waals surface area contributed by atoms with Gasteiger partial charge in [-0.3, -0.25) is 0 Å². The van der Waals surface area contributed by atoms with Gasteiger partial charge in [-0.05, 0) is 37.2 Å². The van der Waals surface area contributed by atoms with Crippen LogP contribution in [0.3, 0.4) is 0 Å². The average molecular weight is 304 g/mol. The maximum Gasteiger partial charge on any atom is 0.342 e. The Morgan fingerprint density at radius 3 is 2.27 bits per heavy atom. The largest absolute Gasteiger partial charge is 0.460 e. The number of aliphatic hydroxyl groups is 1. The molecule has 1 aromatic carbocycles. The van der Waals surface area contributed by atoms with Gasteiger partial charge >= 0.3 is 5.97 Å². The molecule has 22 heavy (non-hydrogen) atoms. The molecule has 0 amide bonds. The number of benzene rings is 1. The summed E-state index contributed by atoms with van der Waals surface area (Å²) in [5.74, 6) is -0.198. The second-order valence-electron chi connectivity index (χ2n) is 7.64. The topological polar surface area (TPSA) is 46.5 Å². The predicted octanol–water partition coefficient (Wildman–Crippen LogP) is 4.04. The van der Waals surface area contributed by atoms with Crippen molar-refractivity contribution in [3.05, 3.63) is 35.9 Å². The van der Waals surface area contributed by atoms with Crippen molar-refractivity contribution in [2.75, 3.05) is 0 Å². The lowest BCUT2D eigenvalue weighted by molar-refractivity contribution is -0.177. The Kier molecular flexibility index (Phi) is 4.96. The minimum atomic E-state index is -1.60. The second kappa shape index (κ2) is 6.41. The number of carbonyl (C=O) groups excluding carboxylic acids is 1. The summed E-state index contributed by atoms with van der Waals surface area (Å²) < 4.78 is 5.76. The van der Waals surface area contributed by atoms with Crippen LogP contribution in [0.1, 0.15) is 58.9 Å². The molecule has 1 aromatic rings. The Morgan fingerprint density at radius 2 is 1.68 bits per heavy atom. The number of hydrogen-bond donors (Lipinski definition) is 1.